The Morgan fingerprint density at radius 3 is 1.53 bits per heavy atom. The SMILES string of the molecule is CCCCCCCC(C/C=C\CCCCCCCC(=O)OCCCOC(=O)CCCCCCC/C=C\CC(O)CCCCCC)OO. The Balaban J connectivity index is 3.47. The van der Waals surface area contributed by atoms with Crippen LogP contribution in [0.5, 0.6) is 0 Å². The molecule has 0 aliphatic heterocycles. The molecule has 0 fully saturated rings. The highest BCUT2D eigenvalue weighted by Gasteiger charge is 2.07. The minimum atomic E-state index is -0.197. The lowest BCUT2D eigenvalue weighted by Gasteiger charge is -2.10. The van der Waals surface area contributed by atoms with E-state index >= 15 is 0 Å². The van der Waals surface area contributed by atoms with Crippen molar-refractivity contribution in [2.75, 3.05) is 13.2 Å². The fraction of sp³-hybridized carbons (Fsp3) is 0.850. The van der Waals surface area contributed by atoms with Crippen molar-refractivity contribution < 1.29 is 34.3 Å². The van der Waals surface area contributed by atoms with E-state index in [-0.39, 0.29) is 24.1 Å². The first-order valence-corrected chi connectivity index (χ1v) is 19.6. The molecule has 0 aliphatic rings. The second-order valence-corrected chi connectivity index (χ2v) is 13.3. The maximum absolute atomic E-state index is 11.9. The molecule has 0 radical (unpaired) electrons. The van der Waals surface area contributed by atoms with Crippen LogP contribution < -0.4 is 0 Å². The van der Waals surface area contributed by atoms with E-state index < -0.39 is 0 Å². The normalized spacial score (nSPS) is 13.0. The first kappa shape index (κ1) is 45.3. The Bertz CT molecular complexity index is 736. The van der Waals surface area contributed by atoms with E-state index in [1.807, 2.05) is 0 Å². The molecule has 2 N–H and O–H groups in total. The van der Waals surface area contributed by atoms with Gasteiger partial charge in [-0.15, -0.1) is 0 Å². The smallest absolute Gasteiger partial charge is 0.305 e. The zero-order chi connectivity index (χ0) is 34.5. The fourth-order valence-electron chi connectivity index (χ4n) is 5.55. The molecule has 2 atom stereocenters. The summed E-state index contributed by atoms with van der Waals surface area (Å²) < 4.78 is 10.6. The number of aliphatic hydroxyl groups excluding tert-OH is 1. The molecule has 0 aromatic rings. The molecule has 0 bridgehead atoms. The van der Waals surface area contributed by atoms with Gasteiger partial charge >= 0.3 is 11.9 Å². The molecule has 0 saturated carbocycles. The van der Waals surface area contributed by atoms with Gasteiger partial charge < -0.3 is 14.6 Å². The molecular formula is C40H74O7. The number of unbranched alkanes of at least 4 members (excludes halogenated alkanes) is 17. The van der Waals surface area contributed by atoms with E-state index in [4.69, 9.17) is 14.7 Å². The lowest BCUT2D eigenvalue weighted by atomic mass is 10.1. The van der Waals surface area contributed by atoms with Crippen molar-refractivity contribution in [2.45, 2.75) is 206 Å². The van der Waals surface area contributed by atoms with Gasteiger partial charge in [-0.25, -0.2) is 4.89 Å². The van der Waals surface area contributed by atoms with Crippen LogP contribution in [0.1, 0.15) is 194 Å². The van der Waals surface area contributed by atoms with E-state index in [9.17, 15) is 14.7 Å². The van der Waals surface area contributed by atoms with E-state index in [1.54, 1.807) is 0 Å². The fourth-order valence-corrected chi connectivity index (χ4v) is 5.55. The van der Waals surface area contributed by atoms with Crippen LogP contribution in [0.15, 0.2) is 24.3 Å². The Kier molecular flexibility index (Phi) is 35.8. The number of aliphatic hydroxyl groups is 1. The van der Waals surface area contributed by atoms with Crippen molar-refractivity contribution in [3.63, 3.8) is 0 Å². The summed E-state index contributed by atoms with van der Waals surface area (Å²) >= 11 is 0. The molecule has 47 heavy (non-hydrogen) atoms. The first-order valence-electron chi connectivity index (χ1n) is 19.6. The largest absolute Gasteiger partial charge is 0.466 e. The van der Waals surface area contributed by atoms with Crippen molar-refractivity contribution in [3.05, 3.63) is 24.3 Å². The zero-order valence-corrected chi connectivity index (χ0v) is 30.6. The second-order valence-electron chi connectivity index (χ2n) is 13.3. The highest BCUT2D eigenvalue weighted by molar-refractivity contribution is 5.69. The van der Waals surface area contributed by atoms with E-state index in [1.165, 1.54) is 44.9 Å². The first-order chi connectivity index (χ1) is 23.0. The van der Waals surface area contributed by atoms with Crippen molar-refractivity contribution in [2.24, 2.45) is 0 Å². The summed E-state index contributed by atoms with van der Waals surface area (Å²) in [6.45, 7) is 5.01. The monoisotopic (exact) mass is 667 g/mol. The van der Waals surface area contributed by atoms with Crippen LogP contribution in [0.4, 0.5) is 0 Å². The van der Waals surface area contributed by atoms with Crippen LogP contribution in [0.25, 0.3) is 0 Å². The van der Waals surface area contributed by atoms with E-state index in [0.717, 1.165) is 116 Å². The van der Waals surface area contributed by atoms with Gasteiger partial charge in [-0.3, -0.25) is 14.8 Å². The van der Waals surface area contributed by atoms with Crippen LogP contribution in [-0.4, -0.2) is 47.7 Å². The third kappa shape index (κ3) is 35.4. The number of ether oxygens (including phenoxy) is 2. The summed E-state index contributed by atoms with van der Waals surface area (Å²) in [4.78, 5) is 28.5. The van der Waals surface area contributed by atoms with Gasteiger partial charge in [0.15, 0.2) is 0 Å². The number of carbonyl (C=O) groups excluding carboxylic acids is 2. The van der Waals surface area contributed by atoms with Crippen molar-refractivity contribution >= 4 is 11.9 Å². The van der Waals surface area contributed by atoms with Crippen LogP contribution in [0.3, 0.4) is 0 Å². The minimum absolute atomic E-state index is 0.0886. The predicted octanol–water partition coefficient (Wildman–Crippen LogP) is 11.4. The highest BCUT2D eigenvalue weighted by Crippen LogP contribution is 2.14. The molecule has 7 heteroatoms. The van der Waals surface area contributed by atoms with Crippen LogP contribution >= 0.6 is 0 Å². The Morgan fingerprint density at radius 2 is 0.979 bits per heavy atom. The topological polar surface area (TPSA) is 102 Å². The van der Waals surface area contributed by atoms with Crippen LogP contribution in [-0.2, 0) is 24.0 Å². The van der Waals surface area contributed by atoms with Gasteiger partial charge in [-0.05, 0) is 64.2 Å². The molecule has 0 aromatic heterocycles. The van der Waals surface area contributed by atoms with Gasteiger partial charge in [0.2, 0.25) is 0 Å². The van der Waals surface area contributed by atoms with Crippen LogP contribution in [0.2, 0.25) is 0 Å². The van der Waals surface area contributed by atoms with Gasteiger partial charge in [-0.2, -0.15) is 0 Å². The van der Waals surface area contributed by atoms with E-state index in [0.29, 0.717) is 32.5 Å². The van der Waals surface area contributed by atoms with Gasteiger partial charge in [-0.1, -0.05) is 134 Å². The van der Waals surface area contributed by atoms with Crippen molar-refractivity contribution in [3.8, 4) is 0 Å². The average molecular weight is 667 g/mol. The zero-order valence-electron chi connectivity index (χ0n) is 30.6. The lowest BCUT2D eigenvalue weighted by Crippen LogP contribution is -2.10. The standard InChI is InChI=1S/C40H74O7/c1-3-5-7-17-24-31-38(47-44)32-25-19-14-10-12-16-21-27-34-40(43)46-36-28-35-45-39(42)33-26-20-15-11-9-13-18-23-30-37(41)29-22-8-6-4-2/h18-19,23,25,37-38,41,44H,3-17,20-22,24,26-36H2,1-2H3/b23-18-,25-19-. The Hall–Kier alpha value is -1.70. The maximum Gasteiger partial charge on any atom is 0.305 e. The Morgan fingerprint density at radius 1 is 0.532 bits per heavy atom. The predicted molar refractivity (Wildman–Crippen MR) is 194 cm³/mol. The van der Waals surface area contributed by atoms with Crippen molar-refractivity contribution in [1.82, 2.24) is 0 Å². The molecule has 0 rings (SSSR count). The van der Waals surface area contributed by atoms with Gasteiger partial charge in [0.05, 0.1) is 25.4 Å². The minimum Gasteiger partial charge on any atom is -0.466 e. The summed E-state index contributed by atoms with van der Waals surface area (Å²) in [5.41, 5.74) is 0. The summed E-state index contributed by atoms with van der Waals surface area (Å²) in [5, 5.41) is 19.1. The van der Waals surface area contributed by atoms with Crippen LogP contribution in [0, 0.1) is 0 Å². The van der Waals surface area contributed by atoms with Gasteiger partial charge in [0.25, 0.3) is 0 Å². The third-order valence-electron chi connectivity index (χ3n) is 8.63. The number of hydrogen-bond donors (Lipinski definition) is 2. The molecule has 2 unspecified atom stereocenters. The second kappa shape index (κ2) is 37.1. The molecule has 0 aliphatic carbocycles. The summed E-state index contributed by atoms with van der Waals surface area (Å²) in [7, 11) is 0. The summed E-state index contributed by atoms with van der Waals surface area (Å²) in [5.74, 6) is -0.337. The number of hydrogen-bond acceptors (Lipinski definition) is 7. The molecule has 0 spiro atoms. The quantitative estimate of drug-likeness (QED) is 0.0225. The number of allylic oxidation sites excluding steroid dienone is 2. The third-order valence-corrected chi connectivity index (χ3v) is 8.63. The Labute approximate surface area is 289 Å². The molecular weight excluding hydrogens is 592 g/mol. The number of rotatable bonds is 36. The van der Waals surface area contributed by atoms with Gasteiger partial charge in [0.1, 0.15) is 0 Å². The molecule has 0 amide bonds. The van der Waals surface area contributed by atoms with Gasteiger partial charge in [0, 0.05) is 19.3 Å². The number of esters is 2. The molecule has 0 heterocycles. The summed E-state index contributed by atoms with van der Waals surface area (Å²) in [6, 6.07) is 0. The lowest BCUT2D eigenvalue weighted by molar-refractivity contribution is -0.279. The number of carbonyl (C=O) groups is 2. The molecule has 0 saturated heterocycles. The van der Waals surface area contributed by atoms with Crippen molar-refractivity contribution in [1.29, 1.82) is 0 Å². The highest BCUT2D eigenvalue weighted by atomic mass is 17.1. The molecule has 276 valence electrons. The van der Waals surface area contributed by atoms with E-state index in [2.05, 4.69) is 43.0 Å². The maximum atomic E-state index is 11.9. The average Bonchev–Trinajstić information content (AvgIpc) is 3.07. The summed E-state index contributed by atoms with van der Waals surface area (Å²) in [6.07, 6.45) is 36.7. The molecule has 7 nitrogen and oxygen atoms in total. The molecule has 0 aromatic carbocycles.